The van der Waals surface area contributed by atoms with E-state index in [0.29, 0.717) is 47.7 Å². The number of furan rings is 1. The molecule has 4 heterocycles. The van der Waals surface area contributed by atoms with Crippen molar-refractivity contribution in [1.82, 2.24) is 19.9 Å². The standard InChI is InChI=1S/C26H28N4O4/c1-17-15-21(19(3)33-17)23-16-22(24-18(2)28-34-25(24)27-23)26(31)30-11-9-29(10-12-30)13-14-32-20-7-5-4-6-8-20/h4-8,15-16H,9-14H2,1-3H3. The average Bonchev–Trinajstić information content (AvgIpc) is 3.40. The summed E-state index contributed by atoms with van der Waals surface area (Å²) in [6.07, 6.45) is 0. The Balaban J connectivity index is 1.30. The Hall–Kier alpha value is -3.65. The highest BCUT2D eigenvalue weighted by atomic mass is 16.5. The van der Waals surface area contributed by atoms with Gasteiger partial charge in [0.1, 0.15) is 23.9 Å². The first kappa shape index (κ1) is 22.2. The first-order valence-electron chi connectivity index (χ1n) is 11.5. The summed E-state index contributed by atoms with van der Waals surface area (Å²) < 4.78 is 16.9. The molecule has 1 aliphatic rings. The smallest absolute Gasteiger partial charge is 0.259 e. The number of piperazine rings is 1. The molecule has 0 unspecified atom stereocenters. The molecule has 1 fully saturated rings. The van der Waals surface area contributed by atoms with E-state index >= 15 is 0 Å². The van der Waals surface area contributed by atoms with E-state index < -0.39 is 0 Å². The summed E-state index contributed by atoms with van der Waals surface area (Å²) in [7, 11) is 0. The van der Waals surface area contributed by atoms with E-state index in [4.69, 9.17) is 13.7 Å². The predicted molar refractivity (Wildman–Crippen MR) is 128 cm³/mol. The van der Waals surface area contributed by atoms with E-state index in [1.54, 1.807) is 0 Å². The van der Waals surface area contributed by atoms with Crippen LogP contribution in [0.5, 0.6) is 5.75 Å². The zero-order valence-corrected chi connectivity index (χ0v) is 19.7. The van der Waals surface area contributed by atoms with Crippen LogP contribution in [-0.2, 0) is 0 Å². The molecule has 34 heavy (non-hydrogen) atoms. The van der Waals surface area contributed by atoms with Crippen LogP contribution in [0.1, 0.15) is 27.6 Å². The molecule has 0 atom stereocenters. The maximum atomic E-state index is 13.6. The van der Waals surface area contributed by atoms with E-state index in [1.807, 2.05) is 68.1 Å². The van der Waals surface area contributed by atoms with Crippen molar-refractivity contribution in [2.45, 2.75) is 20.8 Å². The number of hydrogen-bond acceptors (Lipinski definition) is 7. The molecule has 1 aromatic carbocycles. The number of aryl methyl sites for hydroxylation is 3. The Morgan fingerprint density at radius 3 is 2.53 bits per heavy atom. The maximum Gasteiger partial charge on any atom is 0.259 e. The molecule has 1 aliphatic heterocycles. The Morgan fingerprint density at radius 2 is 1.82 bits per heavy atom. The van der Waals surface area contributed by atoms with Crippen LogP contribution >= 0.6 is 0 Å². The van der Waals surface area contributed by atoms with Gasteiger partial charge in [0, 0.05) is 38.3 Å². The molecule has 8 nitrogen and oxygen atoms in total. The van der Waals surface area contributed by atoms with Gasteiger partial charge in [-0.3, -0.25) is 9.69 Å². The zero-order chi connectivity index (χ0) is 23.7. The number of rotatable bonds is 6. The maximum absolute atomic E-state index is 13.6. The number of ether oxygens (including phenoxy) is 1. The van der Waals surface area contributed by atoms with Crippen molar-refractivity contribution in [2.75, 3.05) is 39.3 Å². The highest BCUT2D eigenvalue weighted by Crippen LogP contribution is 2.31. The molecule has 176 valence electrons. The second-order valence-corrected chi connectivity index (χ2v) is 8.63. The van der Waals surface area contributed by atoms with Gasteiger partial charge in [-0.15, -0.1) is 0 Å². The fourth-order valence-corrected chi connectivity index (χ4v) is 4.44. The highest BCUT2D eigenvalue weighted by molar-refractivity contribution is 6.07. The molecule has 0 N–H and O–H groups in total. The van der Waals surface area contributed by atoms with Gasteiger partial charge in [0.15, 0.2) is 0 Å². The number of hydrogen-bond donors (Lipinski definition) is 0. The van der Waals surface area contributed by atoms with Crippen molar-refractivity contribution in [3.63, 3.8) is 0 Å². The number of aromatic nitrogens is 2. The fourth-order valence-electron chi connectivity index (χ4n) is 4.44. The van der Waals surface area contributed by atoms with Crippen LogP contribution in [0, 0.1) is 20.8 Å². The van der Waals surface area contributed by atoms with Gasteiger partial charge >= 0.3 is 0 Å². The molecule has 0 saturated carbocycles. The molecule has 1 amide bonds. The molecule has 0 aliphatic carbocycles. The lowest BCUT2D eigenvalue weighted by Crippen LogP contribution is -2.49. The lowest BCUT2D eigenvalue weighted by molar-refractivity contribution is 0.0622. The largest absolute Gasteiger partial charge is 0.492 e. The number of pyridine rings is 1. The molecule has 8 heteroatoms. The summed E-state index contributed by atoms with van der Waals surface area (Å²) >= 11 is 0. The van der Waals surface area contributed by atoms with E-state index in [0.717, 1.165) is 42.5 Å². The van der Waals surface area contributed by atoms with Gasteiger partial charge in [-0.05, 0) is 45.0 Å². The number of carbonyl (C=O) groups excluding carboxylic acids is 1. The van der Waals surface area contributed by atoms with Gasteiger partial charge in [0.05, 0.1) is 22.3 Å². The second-order valence-electron chi connectivity index (χ2n) is 8.63. The predicted octanol–water partition coefficient (Wildman–Crippen LogP) is 4.24. The van der Waals surface area contributed by atoms with E-state index in [1.165, 1.54) is 0 Å². The minimum atomic E-state index is -0.0296. The lowest BCUT2D eigenvalue weighted by atomic mass is 10.0. The number of carbonyl (C=O) groups is 1. The summed E-state index contributed by atoms with van der Waals surface area (Å²) in [6.45, 7) is 9.96. The Kier molecular flexibility index (Phi) is 6.06. The van der Waals surface area contributed by atoms with Gasteiger partial charge in [0.25, 0.3) is 11.6 Å². The monoisotopic (exact) mass is 460 g/mol. The number of amides is 1. The van der Waals surface area contributed by atoms with Gasteiger partial charge in [-0.25, -0.2) is 4.98 Å². The molecular weight excluding hydrogens is 432 g/mol. The van der Waals surface area contributed by atoms with Crippen LogP contribution in [0.3, 0.4) is 0 Å². The van der Waals surface area contributed by atoms with E-state index in [-0.39, 0.29) is 5.91 Å². The van der Waals surface area contributed by atoms with Gasteiger partial charge in [-0.2, -0.15) is 0 Å². The van der Waals surface area contributed by atoms with Crippen molar-refractivity contribution in [3.05, 3.63) is 65.2 Å². The van der Waals surface area contributed by atoms with Gasteiger partial charge < -0.3 is 18.6 Å². The van der Waals surface area contributed by atoms with Crippen molar-refractivity contribution in [3.8, 4) is 17.0 Å². The van der Waals surface area contributed by atoms with Crippen molar-refractivity contribution in [1.29, 1.82) is 0 Å². The minimum absolute atomic E-state index is 0.0296. The third-order valence-electron chi connectivity index (χ3n) is 6.24. The van der Waals surface area contributed by atoms with Crippen LogP contribution in [-0.4, -0.2) is 65.2 Å². The highest BCUT2D eigenvalue weighted by Gasteiger charge is 2.27. The van der Waals surface area contributed by atoms with E-state index in [2.05, 4.69) is 15.0 Å². The molecule has 1 saturated heterocycles. The molecule has 3 aromatic heterocycles. The second kappa shape index (κ2) is 9.30. The summed E-state index contributed by atoms with van der Waals surface area (Å²) in [6, 6.07) is 13.6. The minimum Gasteiger partial charge on any atom is -0.492 e. The average molecular weight is 461 g/mol. The summed E-state index contributed by atoms with van der Waals surface area (Å²) in [4.78, 5) is 22.4. The number of benzene rings is 1. The number of fused-ring (bicyclic) bond motifs is 1. The lowest BCUT2D eigenvalue weighted by Gasteiger charge is -2.34. The topological polar surface area (TPSA) is 84.8 Å². The fraction of sp³-hybridized carbons (Fsp3) is 0.346. The van der Waals surface area contributed by atoms with Crippen molar-refractivity contribution < 1.29 is 18.5 Å². The third kappa shape index (κ3) is 4.41. The van der Waals surface area contributed by atoms with Crippen LogP contribution in [0.15, 0.2) is 51.4 Å². The molecular formula is C26H28N4O4. The van der Waals surface area contributed by atoms with E-state index in [9.17, 15) is 4.79 Å². The zero-order valence-electron chi connectivity index (χ0n) is 19.7. The third-order valence-corrected chi connectivity index (χ3v) is 6.24. The quantitative estimate of drug-likeness (QED) is 0.425. The molecule has 0 radical (unpaired) electrons. The Morgan fingerprint density at radius 1 is 1.06 bits per heavy atom. The van der Waals surface area contributed by atoms with Crippen molar-refractivity contribution in [2.24, 2.45) is 0 Å². The van der Waals surface area contributed by atoms with Crippen LogP contribution in [0.2, 0.25) is 0 Å². The summed E-state index contributed by atoms with van der Waals surface area (Å²) in [5, 5.41) is 4.73. The number of nitrogens with zero attached hydrogens (tertiary/aromatic N) is 4. The summed E-state index contributed by atoms with van der Waals surface area (Å²) in [5.41, 5.74) is 3.10. The normalized spacial score (nSPS) is 14.6. The molecule has 5 rings (SSSR count). The summed E-state index contributed by atoms with van der Waals surface area (Å²) in [5.74, 6) is 2.40. The molecule has 4 aromatic rings. The van der Waals surface area contributed by atoms with Crippen molar-refractivity contribution >= 4 is 17.0 Å². The first-order valence-corrected chi connectivity index (χ1v) is 11.5. The van der Waals surface area contributed by atoms with Crippen LogP contribution in [0.4, 0.5) is 0 Å². The Bertz CT molecular complexity index is 1300. The molecule has 0 bridgehead atoms. The van der Waals surface area contributed by atoms with Crippen LogP contribution in [0.25, 0.3) is 22.4 Å². The molecule has 0 spiro atoms. The first-order chi connectivity index (χ1) is 16.5. The van der Waals surface area contributed by atoms with Crippen LogP contribution < -0.4 is 4.74 Å². The van der Waals surface area contributed by atoms with Gasteiger partial charge in [0.2, 0.25) is 0 Å². The Labute approximate surface area is 198 Å². The SMILES string of the molecule is Cc1cc(-c2cc(C(=O)N3CCN(CCOc4ccccc4)CC3)c3c(C)noc3n2)c(C)o1. The van der Waals surface area contributed by atoms with Gasteiger partial charge in [-0.1, -0.05) is 23.4 Å². The number of para-hydroxylation sites is 1.